The second-order valence-corrected chi connectivity index (χ2v) is 5.81. The lowest BCUT2D eigenvalue weighted by molar-refractivity contribution is 0.0733. The first-order chi connectivity index (χ1) is 12.9. The Morgan fingerprint density at radius 2 is 1.81 bits per heavy atom. The summed E-state index contributed by atoms with van der Waals surface area (Å²) in [6.45, 7) is 1.39. The number of Topliss-reactive ketones (excluding diaryl/α,β-unsaturated/α-hetero) is 1. The summed E-state index contributed by atoms with van der Waals surface area (Å²) < 4.78 is 15.7. The minimum atomic E-state index is -0.668. The SMILES string of the molecule is COc1ccc(C(=O)Oc2ccc3c(C)cc(=O)oc3c2C(=O)CN)cc1. The van der Waals surface area contributed by atoms with Crippen LogP contribution in [0.15, 0.2) is 51.7 Å². The summed E-state index contributed by atoms with van der Waals surface area (Å²) in [5.41, 5.74) is 5.82. The Balaban J connectivity index is 2.08. The molecule has 1 aromatic heterocycles. The van der Waals surface area contributed by atoms with Crippen molar-refractivity contribution < 1.29 is 23.5 Å². The van der Waals surface area contributed by atoms with Crippen molar-refractivity contribution in [2.24, 2.45) is 5.73 Å². The maximum absolute atomic E-state index is 12.4. The van der Waals surface area contributed by atoms with Crippen LogP contribution in [-0.2, 0) is 0 Å². The molecule has 7 heteroatoms. The third-order valence-corrected chi connectivity index (χ3v) is 4.07. The fourth-order valence-electron chi connectivity index (χ4n) is 2.70. The van der Waals surface area contributed by atoms with Gasteiger partial charge in [-0.25, -0.2) is 9.59 Å². The van der Waals surface area contributed by atoms with E-state index in [1.54, 1.807) is 25.1 Å². The Hall–Kier alpha value is -3.45. The normalized spacial score (nSPS) is 10.6. The summed E-state index contributed by atoms with van der Waals surface area (Å²) in [6, 6.07) is 10.7. The number of benzene rings is 2. The lowest BCUT2D eigenvalue weighted by Crippen LogP contribution is -2.18. The summed E-state index contributed by atoms with van der Waals surface area (Å²) in [7, 11) is 1.52. The van der Waals surface area contributed by atoms with Gasteiger partial charge in [-0.05, 0) is 48.9 Å². The van der Waals surface area contributed by atoms with Crippen LogP contribution in [-0.4, -0.2) is 25.4 Å². The van der Waals surface area contributed by atoms with E-state index in [1.165, 1.54) is 31.4 Å². The molecule has 0 aliphatic carbocycles. The van der Waals surface area contributed by atoms with Gasteiger partial charge in [-0.1, -0.05) is 0 Å². The van der Waals surface area contributed by atoms with Crippen molar-refractivity contribution in [3.63, 3.8) is 0 Å². The highest BCUT2D eigenvalue weighted by atomic mass is 16.5. The van der Waals surface area contributed by atoms with Crippen molar-refractivity contribution in [3.8, 4) is 11.5 Å². The number of esters is 1. The van der Waals surface area contributed by atoms with Crippen LogP contribution in [0.3, 0.4) is 0 Å². The number of rotatable bonds is 5. The van der Waals surface area contributed by atoms with Gasteiger partial charge < -0.3 is 19.6 Å². The first-order valence-electron chi connectivity index (χ1n) is 8.11. The summed E-state index contributed by atoms with van der Waals surface area (Å²) in [5, 5.41) is 0.565. The molecule has 3 rings (SSSR count). The highest BCUT2D eigenvalue weighted by molar-refractivity contribution is 6.10. The Bertz CT molecular complexity index is 1080. The van der Waals surface area contributed by atoms with E-state index in [9.17, 15) is 14.4 Å². The molecular formula is C20H17NO6. The van der Waals surface area contributed by atoms with Gasteiger partial charge in [-0.2, -0.15) is 0 Å². The smallest absolute Gasteiger partial charge is 0.343 e. The molecule has 0 aliphatic heterocycles. The number of fused-ring (bicyclic) bond motifs is 1. The van der Waals surface area contributed by atoms with E-state index in [4.69, 9.17) is 19.6 Å². The largest absolute Gasteiger partial charge is 0.497 e. The van der Waals surface area contributed by atoms with Gasteiger partial charge in [0.2, 0.25) is 0 Å². The van der Waals surface area contributed by atoms with Crippen LogP contribution < -0.4 is 20.8 Å². The molecule has 1 heterocycles. The Labute approximate surface area is 154 Å². The van der Waals surface area contributed by atoms with Gasteiger partial charge in [-0.3, -0.25) is 4.79 Å². The van der Waals surface area contributed by atoms with Crippen molar-refractivity contribution in [2.45, 2.75) is 6.92 Å². The predicted molar refractivity (Wildman–Crippen MR) is 98.6 cm³/mol. The molecule has 0 saturated heterocycles. The molecule has 2 N–H and O–H groups in total. The number of carbonyl (C=O) groups is 2. The molecule has 0 saturated carbocycles. The number of hydrogen-bond donors (Lipinski definition) is 1. The molecule has 138 valence electrons. The van der Waals surface area contributed by atoms with Crippen LogP contribution >= 0.6 is 0 Å². The van der Waals surface area contributed by atoms with E-state index in [-0.39, 0.29) is 29.0 Å². The average Bonchev–Trinajstić information content (AvgIpc) is 2.67. The van der Waals surface area contributed by atoms with Crippen LogP contribution in [0, 0.1) is 6.92 Å². The van der Waals surface area contributed by atoms with Crippen molar-refractivity contribution >= 4 is 22.7 Å². The summed E-state index contributed by atoms with van der Waals surface area (Å²) >= 11 is 0. The second kappa shape index (κ2) is 7.43. The van der Waals surface area contributed by atoms with Crippen molar-refractivity contribution in [1.82, 2.24) is 0 Å². The van der Waals surface area contributed by atoms with Crippen molar-refractivity contribution in [2.75, 3.05) is 13.7 Å². The molecule has 27 heavy (non-hydrogen) atoms. The summed E-state index contributed by atoms with van der Waals surface area (Å²) in [4.78, 5) is 36.6. The Kier molecular flexibility index (Phi) is 5.05. The van der Waals surface area contributed by atoms with E-state index in [0.29, 0.717) is 16.7 Å². The third-order valence-electron chi connectivity index (χ3n) is 4.07. The molecule has 0 amide bonds. The van der Waals surface area contributed by atoms with Gasteiger partial charge in [0, 0.05) is 11.5 Å². The molecule has 0 spiro atoms. The maximum Gasteiger partial charge on any atom is 0.343 e. The van der Waals surface area contributed by atoms with Gasteiger partial charge in [0.15, 0.2) is 11.4 Å². The number of aryl methyl sites for hydroxylation is 1. The third kappa shape index (κ3) is 3.58. The monoisotopic (exact) mass is 367 g/mol. The Morgan fingerprint density at radius 1 is 1.11 bits per heavy atom. The van der Waals surface area contributed by atoms with Crippen molar-refractivity contribution in [1.29, 1.82) is 0 Å². The zero-order valence-electron chi connectivity index (χ0n) is 14.8. The molecule has 0 atom stereocenters. The quantitative estimate of drug-likeness (QED) is 0.319. The number of carbonyl (C=O) groups excluding carboxylic acids is 2. The highest BCUT2D eigenvalue weighted by Gasteiger charge is 2.21. The molecule has 7 nitrogen and oxygen atoms in total. The highest BCUT2D eigenvalue weighted by Crippen LogP contribution is 2.30. The molecule has 0 aliphatic rings. The summed E-state index contributed by atoms with van der Waals surface area (Å²) in [6.07, 6.45) is 0. The van der Waals surface area contributed by atoms with Crippen LogP contribution in [0.4, 0.5) is 0 Å². The number of hydrogen-bond acceptors (Lipinski definition) is 7. The second-order valence-electron chi connectivity index (χ2n) is 5.81. The number of methoxy groups -OCH3 is 1. The van der Waals surface area contributed by atoms with Crippen LogP contribution in [0.2, 0.25) is 0 Å². The predicted octanol–water partition coefficient (Wildman–Crippen LogP) is 2.47. The summed E-state index contributed by atoms with van der Waals surface area (Å²) in [5.74, 6) is -0.606. The average molecular weight is 367 g/mol. The maximum atomic E-state index is 12.4. The zero-order valence-corrected chi connectivity index (χ0v) is 14.8. The van der Waals surface area contributed by atoms with E-state index >= 15 is 0 Å². The van der Waals surface area contributed by atoms with Gasteiger partial charge in [0.05, 0.1) is 19.2 Å². The fraction of sp³-hybridized carbons (Fsp3) is 0.150. The molecule has 0 radical (unpaired) electrons. The number of ether oxygens (including phenoxy) is 2. The van der Waals surface area contributed by atoms with Gasteiger partial charge in [0.1, 0.15) is 17.1 Å². The minimum Gasteiger partial charge on any atom is -0.497 e. The van der Waals surface area contributed by atoms with Gasteiger partial charge >= 0.3 is 11.6 Å². The molecule has 0 bridgehead atoms. The molecular weight excluding hydrogens is 350 g/mol. The van der Waals surface area contributed by atoms with Crippen molar-refractivity contribution in [3.05, 3.63) is 69.6 Å². The zero-order chi connectivity index (χ0) is 19.6. The van der Waals surface area contributed by atoms with E-state index < -0.39 is 17.4 Å². The van der Waals surface area contributed by atoms with E-state index in [1.807, 2.05) is 0 Å². The fourth-order valence-corrected chi connectivity index (χ4v) is 2.70. The number of nitrogens with two attached hydrogens (primary N) is 1. The first-order valence-corrected chi connectivity index (χ1v) is 8.11. The van der Waals surface area contributed by atoms with Crippen LogP contribution in [0.1, 0.15) is 26.3 Å². The van der Waals surface area contributed by atoms with Crippen LogP contribution in [0.25, 0.3) is 11.0 Å². The first kappa shape index (κ1) is 18.3. The van der Waals surface area contributed by atoms with Crippen LogP contribution in [0.5, 0.6) is 11.5 Å². The minimum absolute atomic E-state index is 0.0208. The van der Waals surface area contributed by atoms with E-state index in [0.717, 1.165) is 0 Å². The molecule has 3 aromatic rings. The topological polar surface area (TPSA) is 109 Å². The Morgan fingerprint density at radius 3 is 2.44 bits per heavy atom. The standard InChI is InChI=1S/C20H17NO6/c1-11-9-17(23)27-19-14(11)7-8-16(18(19)15(22)10-21)26-20(24)12-3-5-13(25-2)6-4-12/h3-9H,10,21H2,1-2H3. The number of ketones is 1. The molecule has 0 unspecified atom stereocenters. The van der Waals surface area contributed by atoms with Gasteiger partial charge in [0.25, 0.3) is 0 Å². The van der Waals surface area contributed by atoms with E-state index in [2.05, 4.69) is 0 Å². The molecule has 0 fully saturated rings. The molecule has 2 aromatic carbocycles. The van der Waals surface area contributed by atoms with Gasteiger partial charge in [-0.15, -0.1) is 0 Å². The lowest BCUT2D eigenvalue weighted by Gasteiger charge is -2.12. The lowest BCUT2D eigenvalue weighted by atomic mass is 10.0.